The average Bonchev–Trinajstić information content (AvgIpc) is 2.77. The third-order valence-corrected chi connectivity index (χ3v) is 3.52. The first-order valence-corrected chi connectivity index (χ1v) is 5.69. The van der Waals surface area contributed by atoms with E-state index in [-0.39, 0.29) is 0 Å². The maximum absolute atomic E-state index is 6.02. The van der Waals surface area contributed by atoms with Gasteiger partial charge < -0.3 is 0 Å². The second kappa shape index (κ2) is 3.49. The van der Waals surface area contributed by atoms with Gasteiger partial charge in [-0.25, -0.2) is 0 Å². The normalized spacial score (nSPS) is 23.7. The monoisotopic (exact) mass is 217 g/mol. The summed E-state index contributed by atoms with van der Waals surface area (Å²) in [6.07, 6.45) is 4.47. The smallest absolute Gasteiger partial charge is 0.0606 e. The van der Waals surface area contributed by atoms with Crippen LogP contribution >= 0.6 is 11.6 Å². The maximum Gasteiger partial charge on any atom is 0.0606 e. The van der Waals surface area contributed by atoms with Crippen LogP contribution in [0.3, 0.4) is 0 Å². The predicted octanol–water partition coefficient (Wildman–Crippen LogP) is 3.60. The molecule has 1 aliphatic carbocycles. The van der Waals surface area contributed by atoms with Gasteiger partial charge in [-0.05, 0) is 41.7 Å². The summed E-state index contributed by atoms with van der Waals surface area (Å²) in [5.41, 5.74) is 4.30. The molecule has 1 aromatic carbocycles. The number of aliphatic imine (C=N–C) groups is 1. The number of halogens is 1. The van der Waals surface area contributed by atoms with Crippen LogP contribution in [0, 0.1) is 0 Å². The Hall–Kier alpha value is -1.08. The zero-order valence-corrected chi connectivity index (χ0v) is 9.17. The Labute approximate surface area is 94.5 Å². The molecule has 1 nitrogen and oxygen atoms in total. The van der Waals surface area contributed by atoms with Crippen molar-refractivity contribution in [3.63, 3.8) is 0 Å². The van der Waals surface area contributed by atoms with Crippen molar-refractivity contribution in [3.8, 4) is 0 Å². The molecule has 0 aromatic heterocycles. The predicted molar refractivity (Wildman–Crippen MR) is 63.8 cm³/mol. The van der Waals surface area contributed by atoms with Crippen LogP contribution in [0.5, 0.6) is 0 Å². The first kappa shape index (κ1) is 9.17. The number of hydrogen-bond donors (Lipinski definition) is 0. The molecule has 0 fully saturated rings. The summed E-state index contributed by atoms with van der Waals surface area (Å²) < 4.78 is 0. The van der Waals surface area contributed by atoms with Gasteiger partial charge in [-0.2, -0.15) is 0 Å². The van der Waals surface area contributed by atoms with Gasteiger partial charge in [0, 0.05) is 17.2 Å². The lowest BCUT2D eigenvalue weighted by molar-refractivity contribution is 0.776. The molecule has 76 valence electrons. The van der Waals surface area contributed by atoms with Gasteiger partial charge in [0.05, 0.1) is 6.54 Å². The molecule has 0 amide bonds. The zero-order valence-electron chi connectivity index (χ0n) is 8.41. The molecule has 0 spiro atoms. The summed E-state index contributed by atoms with van der Waals surface area (Å²) >= 11 is 6.02. The van der Waals surface area contributed by atoms with Crippen molar-refractivity contribution in [2.75, 3.05) is 6.54 Å². The van der Waals surface area contributed by atoms with Crippen LogP contribution in [0.15, 0.2) is 40.4 Å². The van der Waals surface area contributed by atoms with E-state index in [2.05, 4.69) is 17.1 Å². The van der Waals surface area contributed by atoms with E-state index >= 15 is 0 Å². The lowest BCUT2D eigenvalue weighted by Crippen LogP contribution is -1.98. The molecule has 0 N–H and O–H groups in total. The Morgan fingerprint density at radius 1 is 1.33 bits per heavy atom. The summed E-state index contributed by atoms with van der Waals surface area (Å²) in [6.45, 7) is 0.923. The standard InChI is InChI=1S/C13H12ClN/c14-11-3-1-2-9(6-11)12-5-4-10-7-15-8-13(10)12/h1-3,6,8,12H,4-5,7H2/t12-/m1/s1. The zero-order chi connectivity index (χ0) is 10.3. The van der Waals surface area contributed by atoms with Crippen LogP contribution in [0.25, 0.3) is 0 Å². The van der Waals surface area contributed by atoms with Crippen LogP contribution in [0.2, 0.25) is 5.02 Å². The van der Waals surface area contributed by atoms with E-state index in [0.717, 1.165) is 11.6 Å². The lowest BCUT2D eigenvalue weighted by Gasteiger charge is -2.11. The Morgan fingerprint density at radius 2 is 2.27 bits per heavy atom. The van der Waals surface area contributed by atoms with E-state index in [1.54, 1.807) is 0 Å². The van der Waals surface area contributed by atoms with Crippen molar-refractivity contribution < 1.29 is 0 Å². The molecule has 0 radical (unpaired) electrons. The van der Waals surface area contributed by atoms with E-state index in [1.807, 2.05) is 18.3 Å². The van der Waals surface area contributed by atoms with Crippen LogP contribution in [0.4, 0.5) is 0 Å². The molecule has 0 bridgehead atoms. The van der Waals surface area contributed by atoms with Crippen molar-refractivity contribution in [2.24, 2.45) is 4.99 Å². The topological polar surface area (TPSA) is 12.4 Å². The summed E-state index contributed by atoms with van der Waals surface area (Å²) in [5, 5.41) is 0.830. The van der Waals surface area contributed by atoms with Gasteiger partial charge in [-0.15, -0.1) is 0 Å². The highest BCUT2D eigenvalue weighted by atomic mass is 35.5. The van der Waals surface area contributed by atoms with E-state index in [4.69, 9.17) is 11.6 Å². The van der Waals surface area contributed by atoms with Crippen LogP contribution in [0.1, 0.15) is 24.3 Å². The summed E-state index contributed by atoms with van der Waals surface area (Å²) in [6, 6.07) is 8.20. The molecule has 0 unspecified atom stereocenters. The number of nitrogens with zero attached hydrogens (tertiary/aromatic N) is 1. The van der Waals surface area contributed by atoms with Gasteiger partial charge >= 0.3 is 0 Å². The maximum atomic E-state index is 6.02. The van der Waals surface area contributed by atoms with Gasteiger partial charge in [0.15, 0.2) is 0 Å². The molecule has 1 aliphatic heterocycles. The molecule has 2 heteroatoms. The van der Waals surface area contributed by atoms with Crippen molar-refractivity contribution in [1.29, 1.82) is 0 Å². The van der Waals surface area contributed by atoms with Crippen LogP contribution < -0.4 is 0 Å². The molecular formula is C13H12ClN. The molecule has 1 aromatic rings. The fraction of sp³-hybridized carbons (Fsp3) is 0.308. The largest absolute Gasteiger partial charge is 0.288 e. The van der Waals surface area contributed by atoms with Gasteiger partial charge in [0.1, 0.15) is 0 Å². The summed E-state index contributed by atoms with van der Waals surface area (Å²) in [5.74, 6) is 0.532. The van der Waals surface area contributed by atoms with E-state index < -0.39 is 0 Å². The van der Waals surface area contributed by atoms with E-state index in [0.29, 0.717) is 5.92 Å². The van der Waals surface area contributed by atoms with Gasteiger partial charge in [-0.3, -0.25) is 4.99 Å². The molecule has 1 atom stereocenters. The summed E-state index contributed by atoms with van der Waals surface area (Å²) in [7, 11) is 0. The quantitative estimate of drug-likeness (QED) is 0.682. The van der Waals surface area contributed by atoms with Gasteiger partial charge in [0.2, 0.25) is 0 Å². The van der Waals surface area contributed by atoms with Crippen LogP contribution in [-0.2, 0) is 0 Å². The minimum atomic E-state index is 0.532. The van der Waals surface area contributed by atoms with Crippen molar-refractivity contribution in [1.82, 2.24) is 0 Å². The number of rotatable bonds is 1. The minimum Gasteiger partial charge on any atom is -0.288 e. The molecule has 15 heavy (non-hydrogen) atoms. The highest BCUT2D eigenvalue weighted by Gasteiger charge is 2.27. The highest BCUT2D eigenvalue weighted by Crippen LogP contribution is 2.40. The van der Waals surface area contributed by atoms with Crippen molar-refractivity contribution in [2.45, 2.75) is 18.8 Å². The van der Waals surface area contributed by atoms with Crippen molar-refractivity contribution in [3.05, 3.63) is 46.0 Å². The first-order chi connectivity index (χ1) is 7.34. The highest BCUT2D eigenvalue weighted by molar-refractivity contribution is 6.30. The fourth-order valence-electron chi connectivity index (χ4n) is 2.54. The number of benzene rings is 1. The van der Waals surface area contributed by atoms with Gasteiger partial charge in [-0.1, -0.05) is 23.7 Å². The third-order valence-electron chi connectivity index (χ3n) is 3.28. The third kappa shape index (κ3) is 1.51. The molecule has 0 saturated carbocycles. The van der Waals surface area contributed by atoms with Crippen LogP contribution in [-0.4, -0.2) is 12.8 Å². The number of allylic oxidation sites excluding steroid dienone is 1. The first-order valence-electron chi connectivity index (χ1n) is 5.32. The fourth-order valence-corrected chi connectivity index (χ4v) is 2.74. The van der Waals surface area contributed by atoms with E-state index in [9.17, 15) is 0 Å². The Bertz CT molecular complexity index is 459. The second-order valence-electron chi connectivity index (χ2n) is 4.17. The average molecular weight is 218 g/mol. The number of hydrogen-bond acceptors (Lipinski definition) is 1. The molecule has 0 saturated heterocycles. The Kier molecular flexibility index (Phi) is 2.14. The molecular weight excluding hydrogens is 206 g/mol. The van der Waals surface area contributed by atoms with Gasteiger partial charge in [0.25, 0.3) is 0 Å². The minimum absolute atomic E-state index is 0.532. The van der Waals surface area contributed by atoms with E-state index in [1.165, 1.54) is 29.6 Å². The Morgan fingerprint density at radius 3 is 3.13 bits per heavy atom. The SMILES string of the molecule is Clc1cccc([C@H]2CCC3=C2C=NC3)c1. The lowest BCUT2D eigenvalue weighted by atomic mass is 9.93. The summed E-state index contributed by atoms with van der Waals surface area (Å²) in [4.78, 5) is 4.33. The molecule has 1 heterocycles. The Balaban J connectivity index is 1.99. The second-order valence-corrected chi connectivity index (χ2v) is 4.61. The molecule has 3 rings (SSSR count). The van der Waals surface area contributed by atoms with Crippen molar-refractivity contribution >= 4 is 17.8 Å². The molecule has 2 aliphatic rings.